The van der Waals surface area contributed by atoms with E-state index in [0.717, 1.165) is 16.5 Å². The van der Waals surface area contributed by atoms with Crippen molar-refractivity contribution in [3.63, 3.8) is 0 Å². The zero-order chi connectivity index (χ0) is 12.1. The molecule has 1 nitrogen and oxygen atoms in total. The molecule has 0 fully saturated rings. The molecule has 1 atom stereocenters. The van der Waals surface area contributed by atoms with E-state index in [2.05, 4.69) is 41.8 Å². The summed E-state index contributed by atoms with van der Waals surface area (Å²) < 4.78 is 14.0. The van der Waals surface area contributed by atoms with Gasteiger partial charge in [0.25, 0.3) is 0 Å². The summed E-state index contributed by atoms with van der Waals surface area (Å²) in [7, 11) is 0. The van der Waals surface area contributed by atoms with Gasteiger partial charge in [-0.3, -0.25) is 0 Å². The van der Waals surface area contributed by atoms with Gasteiger partial charge in [0, 0.05) is 17.0 Å². The second-order valence-corrected chi connectivity index (χ2v) is 5.42. The molecular weight excluding hydrogens is 339 g/mol. The molecule has 0 heterocycles. The van der Waals surface area contributed by atoms with Crippen LogP contribution in [-0.4, -0.2) is 10.5 Å². The molecule has 1 aromatic carbocycles. The molecule has 16 heavy (non-hydrogen) atoms. The third-order valence-electron chi connectivity index (χ3n) is 2.52. The normalized spacial score (nSPS) is 13.1. The van der Waals surface area contributed by atoms with Crippen molar-refractivity contribution < 1.29 is 4.39 Å². The van der Waals surface area contributed by atoms with Crippen molar-refractivity contribution in [1.82, 2.24) is 5.32 Å². The molecule has 0 aromatic heterocycles. The summed E-state index contributed by atoms with van der Waals surface area (Å²) in [5, 5.41) is 3.63. The summed E-state index contributed by atoms with van der Waals surface area (Å²) in [6.07, 6.45) is 0. The Morgan fingerprint density at radius 3 is 2.62 bits per heavy atom. The van der Waals surface area contributed by atoms with Gasteiger partial charge in [-0.2, -0.15) is 0 Å². The van der Waals surface area contributed by atoms with Crippen LogP contribution in [0.2, 0.25) is 5.02 Å². The van der Waals surface area contributed by atoms with E-state index < -0.39 is 0 Å². The van der Waals surface area contributed by atoms with E-state index in [1.165, 1.54) is 6.07 Å². The van der Waals surface area contributed by atoms with E-state index >= 15 is 0 Å². The van der Waals surface area contributed by atoms with Crippen LogP contribution in [0.5, 0.6) is 0 Å². The molecule has 0 aliphatic rings. The molecule has 4 heteroatoms. The summed E-state index contributed by atoms with van der Waals surface area (Å²) >= 11 is 8.09. The maximum Gasteiger partial charge on any atom is 0.141 e. The molecule has 0 saturated carbocycles. The van der Waals surface area contributed by atoms with Crippen molar-refractivity contribution in [3.8, 4) is 0 Å². The number of halogens is 3. The van der Waals surface area contributed by atoms with Crippen LogP contribution in [0.15, 0.2) is 18.2 Å². The Bertz CT molecular complexity index is 344. The van der Waals surface area contributed by atoms with Crippen LogP contribution in [0.4, 0.5) is 4.39 Å². The van der Waals surface area contributed by atoms with Crippen LogP contribution in [0.1, 0.15) is 19.4 Å². The number of benzene rings is 1. The molecule has 0 spiro atoms. The van der Waals surface area contributed by atoms with Crippen molar-refractivity contribution >= 4 is 34.2 Å². The van der Waals surface area contributed by atoms with Crippen molar-refractivity contribution in [2.45, 2.75) is 26.4 Å². The van der Waals surface area contributed by atoms with Gasteiger partial charge < -0.3 is 5.32 Å². The predicted molar refractivity (Wildman–Crippen MR) is 75.8 cm³/mol. The summed E-state index contributed by atoms with van der Waals surface area (Å²) in [6.45, 7) is 5.10. The second kappa shape index (κ2) is 6.77. The number of alkyl halides is 1. The number of hydrogen-bond donors (Lipinski definition) is 1. The van der Waals surface area contributed by atoms with Gasteiger partial charge in [-0.25, -0.2) is 4.39 Å². The Labute approximate surface area is 115 Å². The molecule has 1 aromatic rings. The maximum absolute atomic E-state index is 12.9. The van der Waals surface area contributed by atoms with E-state index in [0.29, 0.717) is 12.0 Å². The Morgan fingerprint density at radius 2 is 2.12 bits per heavy atom. The van der Waals surface area contributed by atoms with Gasteiger partial charge in [0.1, 0.15) is 5.82 Å². The fraction of sp³-hybridized carbons (Fsp3) is 0.500. The van der Waals surface area contributed by atoms with Crippen LogP contribution in [-0.2, 0) is 6.54 Å². The maximum atomic E-state index is 12.9. The van der Waals surface area contributed by atoms with E-state index in [1.54, 1.807) is 12.1 Å². The Morgan fingerprint density at radius 1 is 1.44 bits per heavy atom. The average Bonchev–Trinajstić information content (AvgIpc) is 2.23. The minimum Gasteiger partial charge on any atom is -0.309 e. The first-order chi connectivity index (χ1) is 7.54. The Kier molecular flexibility index (Phi) is 6.00. The fourth-order valence-electron chi connectivity index (χ4n) is 1.37. The highest BCUT2D eigenvalue weighted by molar-refractivity contribution is 14.1. The second-order valence-electron chi connectivity index (χ2n) is 4.13. The fourth-order valence-corrected chi connectivity index (χ4v) is 2.90. The molecule has 90 valence electrons. The third-order valence-corrected chi connectivity index (χ3v) is 3.76. The highest BCUT2D eigenvalue weighted by Crippen LogP contribution is 2.16. The van der Waals surface area contributed by atoms with Gasteiger partial charge in [0.15, 0.2) is 0 Å². The van der Waals surface area contributed by atoms with Crippen molar-refractivity contribution in [2.75, 3.05) is 4.43 Å². The van der Waals surface area contributed by atoms with Gasteiger partial charge in [-0.1, -0.05) is 54.1 Å². The summed E-state index contributed by atoms with van der Waals surface area (Å²) in [5.74, 6) is 0.229. The summed E-state index contributed by atoms with van der Waals surface area (Å²) in [6, 6.07) is 5.32. The number of nitrogens with one attached hydrogen (secondary N) is 1. The first-order valence-electron chi connectivity index (χ1n) is 5.28. The Balaban J connectivity index is 2.57. The van der Waals surface area contributed by atoms with Gasteiger partial charge >= 0.3 is 0 Å². The molecule has 0 bridgehead atoms. The van der Waals surface area contributed by atoms with Crippen molar-refractivity contribution in [2.24, 2.45) is 5.92 Å². The summed E-state index contributed by atoms with van der Waals surface area (Å²) in [4.78, 5) is 0. The zero-order valence-corrected chi connectivity index (χ0v) is 12.3. The highest BCUT2D eigenvalue weighted by atomic mass is 127. The summed E-state index contributed by atoms with van der Waals surface area (Å²) in [5.41, 5.74) is 1.02. The monoisotopic (exact) mass is 355 g/mol. The lowest BCUT2D eigenvalue weighted by Gasteiger charge is -2.20. The lowest BCUT2D eigenvalue weighted by atomic mass is 10.1. The minimum atomic E-state index is -0.361. The average molecular weight is 356 g/mol. The molecule has 0 aliphatic heterocycles. The minimum absolute atomic E-state index is 0.190. The lowest BCUT2D eigenvalue weighted by molar-refractivity contribution is 0.436. The van der Waals surface area contributed by atoms with Gasteiger partial charge in [0.05, 0.1) is 5.02 Å². The molecule has 0 aliphatic carbocycles. The van der Waals surface area contributed by atoms with Gasteiger partial charge in [0.2, 0.25) is 0 Å². The van der Waals surface area contributed by atoms with Crippen LogP contribution in [0.25, 0.3) is 0 Å². The van der Waals surface area contributed by atoms with E-state index in [-0.39, 0.29) is 10.8 Å². The lowest BCUT2D eigenvalue weighted by Crippen LogP contribution is -2.34. The predicted octanol–water partition coefficient (Wildman–Crippen LogP) is 4.03. The zero-order valence-electron chi connectivity index (χ0n) is 9.43. The molecule has 0 radical (unpaired) electrons. The van der Waals surface area contributed by atoms with E-state index in [4.69, 9.17) is 11.6 Å². The Hall–Kier alpha value is 0.130. The quantitative estimate of drug-likeness (QED) is 0.621. The molecule has 1 rings (SSSR count). The molecule has 0 saturated heterocycles. The third kappa shape index (κ3) is 4.18. The van der Waals surface area contributed by atoms with E-state index in [9.17, 15) is 4.39 Å². The number of hydrogen-bond acceptors (Lipinski definition) is 1. The molecule has 1 N–H and O–H groups in total. The first-order valence-corrected chi connectivity index (χ1v) is 7.18. The molecule has 0 amide bonds. The van der Waals surface area contributed by atoms with Crippen LogP contribution in [0.3, 0.4) is 0 Å². The molecular formula is C12H16ClFIN. The van der Waals surface area contributed by atoms with Crippen molar-refractivity contribution in [3.05, 3.63) is 34.6 Å². The highest BCUT2D eigenvalue weighted by Gasteiger charge is 2.10. The number of rotatable bonds is 5. The van der Waals surface area contributed by atoms with E-state index in [1.807, 2.05) is 0 Å². The van der Waals surface area contributed by atoms with Crippen LogP contribution < -0.4 is 5.32 Å². The standard InChI is InChI=1S/C12H16ClFIN/c1-8(2)12(6-15)16-7-9-3-4-11(14)10(13)5-9/h3-5,8,12,16H,6-7H2,1-2H3. The first kappa shape index (κ1) is 14.2. The largest absolute Gasteiger partial charge is 0.309 e. The van der Waals surface area contributed by atoms with Gasteiger partial charge in [-0.05, 0) is 23.6 Å². The SMILES string of the molecule is CC(C)C(CI)NCc1ccc(F)c(Cl)c1. The molecule has 1 unspecified atom stereocenters. The van der Waals surface area contributed by atoms with Crippen LogP contribution in [0, 0.1) is 11.7 Å². The van der Waals surface area contributed by atoms with Crippen LogP contribution >= 0.6 is 34.2 Å². The topological polar surface area (TPSA) is 12.0 Å². The smallest absolute Gasteiger partial charge is 0.141 e. The van der Waals surface area contributed by atoms with Crippen molar-refractivity contribution in [1.29, 1.82) is 0 Å². The van der Waals surface area contributed by atoms with Gasteiger partial charge in [-0.15, -0.1) is 0 Å².